The normalized spacial score (nSPS) is 10.8. The van der Waals surface area contributed by atoms with Gasteiger partial charge in [0.25, 0.3) is 5.91 Å². The molecule has 0 aliphatic carbocycles. The number of carbonyl (C=O) groups excluding carboxylic acids is 2. The average Bonchev–Trinajstić information content (AvgIpc) is 3.40. The molecule has 0 aliphatic rings. The first kappa shape index (κ1) is 23.0. The Hall–Kier alpha value is -4.17. The lowest BCUT2D eigenvalue weighted by Crippen LogP contribution is -2.19. The van der Waals surface area contributed by atoms with Gasteiger partial charge in [0.2, 0.25) is 0 Å². The number of carbonyl (C=O) groups is 2. The molecule has 0 unspecified atom stereocenters. The van der Waals surface area contributed by atoms with Gasteiger partial charge in [-0.25, -0.2) is 10.2 Å². The van der Waals surface area contributed by atoms with Gasteiger partial charge in [0, 0.05) is 16.9 Å². The lowest BCUT2D eigenvalue weighted by Gasteiger charge is -2.11. The fourth-order valence-corrected chi connectivity index (χ4v) is 3.69. The molecule has 0 aliphatic heterocycles. The van der Waals surface area contributed by atoms with Crippen LogP contribution in [0.4, 0.5) is 0 Å². The number of hydrogen-bond donors (Lipinski definition) is 1. The topological polar surface area (TPSA) is 81.9 Å². The lowest BCUT2D eigenvalue weighted by molar-refractivity contribution is 0.0728. The van der Waals surface area contributed by atoms with Gasteiger partial charge in [0.05, 0.1) is 30.1 Å². The first-order chi connectivity index (χ1) is 16.6. The minimum Gasteiger partial charge on any atom is -0.493 e. The summed E-state index contributed by atoms with van der Waals surface area (Å²) < 4.78 is 13.4. The van der Waals surface area contributed by atoms with Crippen molar-refractivity contribution in [1.82, 2.24) is 9.99 Å². The summed E-state index contributed by atoms with van der Waals surface area (Å²) in [6, 6.07) is 23.0. The Bertz CT molecular complexity index is 1350. The van der Waals surface area contributed by atoms with E-state index in [1.54, 1.807) is 48.5 Å². The molecule has 1 N–H and O–H groups in total. The van der Waals surface area contributed by atoms with Crippen LogP contribution in [0.25, 0.3) is 5.69 Å². The fourth-order valence-electron chi connectivity index (χ4n) is 3.24. The second-order valence-corrected chi connectivity index (χ2v) is 7.94. The van der Waals surface area contributed by atoms with Crippen LogP contribution in [-0.2, 0) is 0 Å². The number of amides is 1. The highest BCUT2D eigenvalue weighted by atomic mass is 79.9. The van der Waals surface area contributed by atoms with Crippen LogP contribution < -0.4 is 14.9 Å². The molecular formula is C26H20BrN3O4. The zero-order chi connectivity index (χ0) is 23.9. The number of methoxy groups -OCH3 is 1. The van der Waals surface area contributed by atoms with Gasteiger partial charge in [-0.15, -0.1) is 0 Å². The molecule has 1 heterocycles. The molecule has 0 saturated carbocycles. The van der Waals surface area contributed by atoms with E-state index in [1.165, 1.54) is 13.3 Å². The van der Waals surface area contributed by atoms with Gasteiger partial charge < -0.3 is 14.0 Å². The van der Waals surface area contributed by atoms with Crippen molar-refractivity contribution in [2.45, 2.75) is 0 Å². The van der Waals surface area contributed by atoms with Crippen LogP contribution in [0.1, 0.15) is 26.3 Å². The molecule has 0 fully saturated rings. The van der Waals surface area contributed by atoms with Gasteiger partial charge in [-0.05, 0) is 76.1 Å². The molecule has 7 nitrogen and oxygen atoms in total. The minimum atomic E-state index is -0.513. The second-order valence-electron chi connectivity index (χ2n) is 7.09. The van der Waals surface area contributed by atoms with E-state index in [-0.39, 0.29) is 11.7 Å². The van der Waals surface area contributed by atoms with Gasteiger partial charge in [-0.3, -0.25) is 4.79 Å². The van der Waals surface area contributed by atoms with Crippen LogP contribution in [0.2, 0.25) is 0 Å². The molecule has 3 aromatic carbocycles. The zero-order valence-electron chi connectivity index (χ0n) is 18.1. The van der Waals surface area contributed by atoms with Crippen LogP contribution in [-0.4, -0.2) is 29.8 Å². The number of hydrogen-bond acceptors (Lipinski definition) is 5. The van der Waals surface area contributed by atoms with Gasteiger partial charge in [-0.2, -0.15) is 5.10 Å². The van der Waals surface area contributed by atoms with Crippen molar-refractivity contribution >= 4 is 34.0 Å². The van der Waals surface area contributed by atoms with Crippen LogP contribution in [0, 0.1) is 0 Å². The smallest absolute Gasteiger partial charge is 0.344 e. The van der Waals surface area contributed by atoms with Crippen molar-refractivity contribution in [2.24, 2.45) is 5.10 Å². The molecule has 0 atom stereocenters. The van der Waals surface area contributed by atoms with Crippen LogP contribution in [0.3, 0.4) is 0 Å². The summed E-state index contributed by atoms with van der Waals surface area (Å²) in [6.45, 7) is 0. The lowest BCUT2D eigenvalue weighted by atomic mass is 10.1. The highest BCUT2D eigenvalue weighted by Crippen LogP contribution is 2.29. The van der Waals surface area contributed by atoms with E-state index in [0.717, 1.165) is 5.69 Å². The van der Waals surface area contributed by atoms with Gasteiger partial charge >= 0.3 is 5.97 Å². The molecule has 0 spiro atoms. The third kappa shape index (κ3) is 5.24. The predicted octanol–water partition coefficient (Wildman–Crippen LogP) is 5.23. The quantitative estimate of drug-likeness (QED) is 0.157. The molecule has 4 aromatic rings. The number of hydrazone groups is 1. The van der Waals surface area contributed by atoms with Crippen molar-refractivity contribution in [3.63, 3.8) is 0 Å². The standard InChI is InChI=1S/C26H20BrN3O4/c1-33-24-16-18(12-13-23(24)34-26(32)19-8-2-4-10-21(19)27)17-28-29-25(31)20-9-3-5-11-22(20)30-14-6-7-15-30/h2-17H,1H3,(H,29,31)/b28-17+. The first-order valence-electron chi connectivity index (χ1n) is 10.3. The van der Waals surface area contributed by atoms with Crippen LogP contribution in [0.15, 0.2) is 101 Å². The molecule has 0 radical (unpaired) electrons. The van der Waals surface area contributed by atoms with Crippen molar-refractivity contribution in [2.75, 3.05) is 7.11 Å². The summed E-state index contributed by atoms with van der Waals surface area (Å²) in [5.74, 6) is -0.231. The summed E-state index contributed by atoms with van der Waals surface area (Å²) in [5, 5.41) is 4.06. The average molecular weight is 518 g/mol. The molecule has 8 heteroatoms. The third-order valence-electron chi connectivity index (χ3n) is 4.90. The third-order valence-corrected chi connectivity index (χ3v) is 5.59. The van der Waals surface area contributed by atoms with E-state index < -0.39 is 5.97 Å². The molecule has 1 amide bonds. The van der Waals surface area contributed by atoms with E-state index in [4.69, 9.17) is 9.47 Å². The van der Waals surface area contributed by atoms with Crippen LogP contribution >= 0.6 is 15.9 Å². The van der Waals surface area contributed by atoms with Crippen molar-refractivity contribution in [1.29, 1.82) is 0 Å². The number of esters is 1. The van der Waals surface area contributed by atoms with Crippen LogP contribution in [0.5, 0.6) is 11.5 Å². The highest BCUT2D eigenvalue weighted by Gasteiger charge is 2.15. The maximum atomic E-state index is 12.7. The Balaban J connectivity index is 1.46. The molecule has 0 bridgehead atoms. The summed E-state index contributed by atoms with van der Waals surface area (Å²) in [5.41, 5.74) is 4.84. The number of ether oxygens (including phenoxy) is 2. The predicted molar refractivity (Wildman–Crippen MR) is 133 cm³/mol. The fraction of sp³-hybridized carbons (Fsp3) is 0.0385. The molecule has 4 rings (SSSR count). The maximum Gasteiger partial charge on any atom is 0.344 e. The zero-order valence-corrected chi connectivity index (χ0v) is 19.7. The number of para-hydroxylation sites is 1. The van der Waals surface area contributed by atoms with Gasteiger partial charge in [-0.1, -0.05) is 24.3 Å². The maximum absolute atomic E-state index is 12.7. The monoisotopic (exact) mass is 517 g/mol. The van der Waals surface area contributed by atoms with E-state index in [1.807, 2.05) is 47.3 Å². The van der Waals surface area contributed by atoms with Crippen molar-refractivity contribution < 1.29 is 19.1 Å². The first-order valence-corrected chi connectivity index (χ1v) is 11.1. The molecule has 34 heavy (non-hydrogen) atoms. The Morgan fingerprint density at radius 2 is 1.62 bits per heavy atom. The SMILES string of the molecule is COc1cc(/C=N/NC(=O)c2ccccc2-n2cccc2)ccc1OC(=O)c1ccccc1Br. The number of aromatic nitrogens is 1. The summed E-state index contributed by atoms with van der Waals surface area (Å²) in [6.07, 6.45) is 5.22. The number of halogens is 1. The second kappa shape index (κ2) is 10.6. The van der Waals surface area contributed by atoms with E-state index in [2.05, 4.69) is 26.5 Å². The number of nitrogens with one attached hydrogen (secondary N) is 1. The van der Waals surface area contributed by atoms with E-state index in [9.17, 15) is 9.59 Å². The molecule has 170 valence electrons. The summed E-state index contributed by atoms with van der Waals surface area (Å²) in [4.78, 5) is 25.2. The minimum absolute atomic E-state index is 0.269. The Kier molecular flexibility index (Phi) is 7.19. The Labute approximate surface area is 204 Å². The number of rotatable bonds is 7. The van der Waals surface area contributed by atoms with Gasteiger partial charge in [0.15, 0.2) is 11.5 Å². The largest absolute Gasteiger partial charge is 0.493 e. The number of benzene rings is 3. The summed E-state index contributed by atoms with van der Waals surface area (Å²) in [7, 11) is 1.48. The van der Waals surface area contributed by atoms with E-state index in [0.29, 0.717) is 26.9 Å². The van der Waals surface area contributed by atoms with Gasteiger partial charge in [0.1, 0.15) is 0 Å². The number of nitrogens with zero attached hydrogens (tertiary/aromatic N) is 2. The molecular weight excluding hydrogens is 498 g/mol. The Morgan fingerprint density at radius 3 is 2.35 bits per heavy atom. The molecule has 1 aromatic heterocycles. The van der Waals surface area contributed by atoms with E-state index >= 15 is 0 Å². The van der Waals surface area contributed by atoms with Crippen molar-refractivity contribution in [3.05, 3.63) is 112 Å². The van der Waals surface area contributed by atoms with Crippen molar-refractivity contribution in [3.8, 4) is 17.2 Å². The Morgan fingerprint density at radius 1 is 0.912 bits per heavy atom. The summed E-state index contributed by atoms with van der Waals surface area (Å²) >= 11 is 3.34. The highest BCUT2D eigenvalue weighted by molar-refractivity contribution is 9.10. The molecule has 0 saturated heterocycles.